The number of thiol groups is 1. The van der Waals surface area contributed by atoms with Crippen LogP contribution in [0, 0.1) is 5.92 Å². The molecule has 0 aromatic carbocycles. The maximum Gasteiger partial charge on any atom is 0.0505 e. The molecule has 2 nitrogen and oxygen atoms in total. The molecule has 1 aliphatic rings. The number of hydrogen-bond donors (Lipinski definition) is 3. The molecule has 1 aliphatic carbocycles. The summed E-state index contributed by atoms with van der Waals surface area (Å²) in [5.74, 6) is 0.883. The highest BCUT2D eigenvalue weighted by molar-refractivity contribution is 7.80. The summed E-state index contributed by atoms with van der Waals surface area (Å²) in [6, 6.07) is 1.39. The van der Waals surface area contributed by atoms with Gasteiger partial charge in [-0.25, -0.2) is 0 Å². The van der Waals surface area contributed by atoms with E-state index in [0.29, 0.717) is 11.4 Å². The quantitative estimate of drug-likeness (QED) is 0.462. The van der Waals surface area contributed by atoms with Crippen LogP contribution in [0.3, 0.4) is 0 Å². The molecule has 3 heteroatoms. The van der Waals surface area contributed by atoms with E-state index in [0.717, 1.165) is 18.5 Å². The Kier molecular flexibility index (Phi) is 6.02. The molecular weight excluding hydrogens is 204 g/mol. The Morgan fingerprint density at radius 1 is 1.33 bits per heavy atom. The SMILES string of the molecule is CCCNC(S)CC1CC(NC(C)C)C1. The van der Waals surface area contributed by atoms with Crippen LogP contribution < -0.4 is 10.6 Å². The molecule has 15 heavy (non-hydrogen) atoms. The van der Waals surface area contributed by atoms with Crippen molar-refractivity contribution in [1.82, 2.24) is 10.6 Å². The van der Waals surface area contributed by atoms with Crippen LogP contribution in [0.5, 0.6) is 0 Å². The molecule has 0 aliphatic heterocycles. The predicted octanol–water partition coefficient (Wildman–Crippen LogP) is 2.41. The predicted molar refractivity (Wildman–Crippen MR) is 70.5 cm³/mol. The van der Waals surface area contributed by atoms with Gasteiger partial charge in [-0.15, -0.1) is 0 Å². The molecule has 1 unspecified atom stereocenters. The van der Waals surface area contributed by atoms with Crippen molar-refractivity contribution in [3.63, 3.8) is 0 Å². The summed E-state index contributed by atoms with van der Waals surface area (Å²) in [5, 5.41) is 7.41. The third kappa shape index (κ3) is 5.23. The third-order valence-electron chi connectivity index (χ3n) is 2.99. The maximum atomic E-state index is 4.56. The lowest BCUT2D eigenvalue weighted by Crippen LogP contribution is -2.45. The summed E-state index contributed by atoms with van der Waals surface area (Å²) in [7, 11) is 0. The minimum atomic E-state index is 0.398. The maximum absolute atomic E-state index is 4.56. The van der Waals surface area contributed by atoms with E-state index < -0.39 is 0 Å². The topological polar surface area (TPSA) is 24.1 Å². The van der Waals surface area contributed by atoms with Crippen LogP contribution in [0.1, 0.15) is 46.5 Å². The Morgan fingerprint density at radius 2 is 2.00 bits per heavy atom. The fourth-order valence-corrected chi connectivity index (χ4v) is 2.67. The zero-order valence-corrected chi connectivity index (χ0v) is 11.2. The van der Waals surface area contributed by atoms with Crippen molar-refractivity contribution < 1.29 is 0 Å². The van der Waals surface area contributed by atoms with Gasteiger partial charge in [0.2, 0.25) is 0 Å². The Bertz CT molecular complexity index is 167. The van der Waals surface area contributed by atoms with Crippen molar-refractivity contribution in [3.05, 3.63) is 0 Å². The highest BCUT2D eigenvalue weighted by atomic mass is 32.1. The minimum Gasteiger partial charge on any atom is -0.312 e. The van der Waals surface area contributed by atoms with Gasteiger partial charge in [-0.05, 0) is 38.1 Å². The van der Waals surface area contributed by atoms with Gasteiger partial charge < -0.3 is 10.6 Å². The zero-order valence-electron chi connectivity index (χ0n) is 10.3. The fraction of sp³-hybridized carbons (Fsp3) is 1.00. The summed E-state index contributed by atoms with van der Waals surface area (Å²) in [5.41, 5.74) is 0. The van der Waals surface area contributed by atoms with E-state index in [1.807, 2.05) is 0 Å². The summed E-state index contributed by atoms with van der Waals surface area (Å²) in [6.45, 7) is 7.73. The zero-order chi connectivity index (χ0) is 11.3. The molecule has 0 bridgehead atoms. The van der Waals surface area contributed by atoms with Crippen molar-refractivity contribution >= 4 is 12.6 Å². The van der Waals surface area contributed by atoms with Crippen LogP contribution in [0.25, 0.3) is 0 Å². The van der Waals surface area contributed by atoms with Crippen molar-refractivity contribution in [2.24, 2.45) is 5.92 Å². The van der Waals surface area contributed by atoms with Gasteiger partial charge in [-0.1, -0.05) is 20.8 Å². The van der Waals surface area contributed by atoms with Crippen molar-refractivity contribution in [1.29, 1.82) is 0 Å². The lowest BCUT2D eigenvalue weighted by molar-refractivity contribution is 0.196. The van der Waals surface area contributed by atoms with Crippen LogP contribution in [-0.2, 0) is 0 Å². The monoisotopic (exact) mass is 230 g/mol. The van der Waals surface area contributed by atoms with E-state index in [9.17, 15) is 0 Å². The van der Waals surface area contributed by atoms with E-state index in [1.54, 1.807) is 0 Å². The second-order valence-electron chi connectivity index (χ2n) is 5.06. The molecule has 0 aromatic rings. The molecule has 1 rings (SSSR count). The van der Waals surface area contributed by atoms with E-state index in [1.165, 1.54) is 25.7 Å². The van der Waals surface area contributed by atoms with E-state index >= 15 is 0 Å². The molecule has 0 saturated heterocycles. The molecule has 0 heterocycles. The van der Waals surface area contributed by atoms with Gasteiger partial charge in [-0.3, -0.25) is 0 Å². The van der Waals surface area contributed by atoms with Crippen LogP contribution in [-0.4, -0.2) is 24.0 Å². The summed E-state index contributed by atoms with van der Waals surface area (Å²) in [6.07, 6.45) is 5.09. The van der Waals surface area contributed by atoms with Crippen molar-refractivity contribution in [2.45, 2.75) is 63.9 Å². The molecule has 0 amide bonds. The first kappa shape index (κ1) is 13.3. The third-order valence-corrected chi connectivity index (χ3v) is 3.38. The largest absolute Gasteiger partial charge is 0.312 e. The van der Waals surface area contributed by atoms with E-state index in [4.69, 9.17) is 0 Å². The Hall–Kier alpha value is 0.270. The second kappa shape index (κ2) is 6.77. The van der Waals surface area contributed by atoms with Crippen molar-refractivity contribution in [3.8, 4) is 0 Å². The Labute approximate surface area is 100 Å². The average Bonchev–Trinajstić information content (AvgIpc) is 2.10. The van der Waals surface area contributed by atoms with Crippen LogP contribution >= 0.6 is 12.6 Å². The molecule has 0 radical (unpaired) electrons. The molecule has 1 saturated carbocycles. The number of nitrogens with one attached hydrogen (secondary N) is 2. The Morgan fingerprint density at radius 3 is 2.53 bits per heavy atom. The smallest absolute Gasteiger partial charge is 0.0505 e. The summed E-state index contributed by atoms with van der Waals surface area (Å²) < 4.78 is 0. The van der Waals surface area contributed by atoms with Crippen LogP contribution in [0.15, 0.2) is 0 Å². The summed E-state index contributed by atoms with van der Waals surface area (Å²) in [4.78, 5) is 0. The lowest BCUT2D eigenvalue weighted by Gasteiger charge is -2.38. The van der Waals surface area contributed by atoms with Gasteiger partial charge in [0.25, 0.3) is 0 Å². The van der Waals surface area contributed by atoms with Crippen molar-refractivity contribution in [2.75, 3.05) is 6.54 Å². The van der Waals surface area contributed by atoms with Crippen LogP contribution in [0.4, 0.5) is 0 Å². The first-order valence-electron chi connectivity index (χ1n) is 6.29. The molecule has 90 valence electrons. The van der Waals surface area contributed by atoms with E-state index in [-0.39, 0.29) is 0 Å². The second-order valence-corrected chi connectivity index (χ2v) is 5.68. The van der Waals surface area contributed by atoms with E-state index in [2.05, 4.69) is 44.0 Å². The molecular formula is C12H26N2S. The first-order chi connectivity index (χ1) is 7.11. The fourth-order valence-electron chi connectivity index (χ4n) is 2.25. The van der Waals surface area contributed by atoms with Gasteiger partial charge in [0.05, 0.1) is 5.37 Å². The summed E-state index contributed by atoms with van der Waals surface area (Å²) >= 11 is 4.56. The molecule has 1 atom stereocenters. The molecule has 1 fully saturated rings. The van der Waals surface area contributed by atoms with Gasteiger partial charge in [0.15, 0.2) is 0 Å². The van der Waals surface area contributed by atoms with Gasteiger partial charge in [0.1, 0.15) is 0 Å². The minimum absolute atomic E-state index is 0.398. The van der Waals surface area contributed by atoms with Gasteiger partial charge in [0, 0.05) is 12.1 Å². The Balaban J connectivity index is 2.01. The average molecular weight is 230 g/mol. The highest BCUT2D eigenvalue weighted by Crippen LogP contribution is 2.32. The van der Waals surface area contributed by atoms with Gasteiger partial charge >= 0.3 is 0 Å². The standard InChI is InChI=1S/C12H26N2S/c1-4-5-13-12(15)8-10-6-11(7-10)14-9(2)3/h9-15H,4-8H2,1-3H3. The lowest BCUT2D eigenvalue weighted by atomic mass is 9.78. The molecule has 0 aromatic heterocycles. The molecule has 0 spiro atoms. The van der Waals surface area contributed by atoms with Crippen LogP contribution in [0.2, 0.25) is 0 Å². The number of rotatable bonds is 7. The van der Waals surface area contributed by atoms with Gasteiger partial charge in [-0.2, -0.15) is 12.6 Å². The highest BCUT2D eigenvalue weighted by Gasteiger charge is 2.30. The normalized spacial score (nSPS) is 27.8. The number of hydrogen-bond acceptors (Lipinski definition) is 3. The molecule has 2 N–H and O–H groups in total. The first-order valence-corrected chi connectivity index (χ1v) is 6.81.